The van der Waals surface area contributed by atoms with Gasteiger partial charge in [0.2, 0.25) is 0 Å². The topological polar surface area (TPSA) is 47.6 Å². The van der Waals surface area contributed by atoms with Crippen LogP contribution in [0.4, 0.5) is 0 Å². The van der Waals surface area contributed by atoms with Crippen molar-refractivity contribution in [1.82, 2.24) is 5.32 Å². The fourth-order valence-corrected chi connectivity index (χ4v) is 1.81. The van der Waals surface area contributed by atoms with E-state index in [0.717, 1.165) is 0 Å². The highest BCUT2D eigenvalue weighted by molar-refractivity contribution is 9.10. The van der Waals surface area contributed by atoms with E-state index in [4.69, 9.17) is 9.47 Å². The monoisotopic (exact) mass is 301 g/mol. The van der Waals surface area contributed by atoms with Crippen molar-refractivity contribution in [3.63, 3.8) is 0 Å². The minimum atomic E-state index is -0.144. The molecule has 0 aromatic heterocycles. The maximum atomic E-state index is 11.4. The smallest absolute Gasteiger partial charge is 0.258 e. The number of ether oxygens (including phenoxy) is 2. The summed E-state index contributed by atoms with van der Waals surface area (Å²) in [5, 5.41) is 2.75. The summed E-state index contributed by atoms with van der Waals surface area (Å²) in [5.74, 6) is 1.12. The molecule has 1 amide bonds. The van der Waals surface area contributed by atoms with Crippen LogP contribution in [-0.4, -0.2) is 25.7 Å². The van der Waals surface area contributed by atoms with Gasteiger partial charge in [0, 0.05) is 6.04 Å². The molecule has 0 atom stereocenters. The van der Waals surface area contributed by atoms with Gasteiger partial charge < -0.3 is 14.8 Å². The Bertz CT molecular complexity index is 393. The Morgan fingerprint density at radius 1 is 1.41 bits per heavy atom. The van der Waals surface area contributed by atoms with Crippen molar-refractivity contribution < 1.29 is 14.3 Å². The van der Waals surface area contributed by atoms with Crippen LogP contribution < -0.4 is 14.8 Å². The molecule has 0 fully saturated rings. The first-order valence-corrected chi connectivity index (χ1v) is 6.08. The van der Waals surface area contributed by atoms with Crippen LogP contribution in [0.2, 0.25) is 0 Å². The molecule has 1 aromatic carbocycles. The van der Waals surface area contributed by atoms with Gasteiger partial charge >= 0.3 is 0 Å². The SMILES string of the molecule is COc1cccc(OCC(=O)NC(C)C)c1Br. The lowest BCUT2D eigenvalue weighted by Gasteiger charge is -2.12. The average Bonchev–Trinajstić information content (AvgIpc) is 2.27. The third-order valence-corrected chi connectivity index (χ3v) is 2.74. The Morgan fingerprint density at radius 2 is 2.06 bits per heavy atom. The summed E-state index contributed by atoms with van der Waals surface area (Å²) in [7, 11) is 1.58. The molecule has 0 bridgehead atoms. The Kier molecular flexibility index (Phi) is 5.28. The minimum absolute atomic E-state index is 0.00997. The normalized spacial score (nSPS) is 10.2. The van der Waals surface area contributed by atoms with Crippen LogP contribution in [-0.2, 0) is 4.79 Å². The zero-order chi connectivity index (χ0) is 12.8. The lowest BCUT2D eigenvalue weighted by atomic mass is 10.3. The quantitative estimate of drug-likeness (QED) is 0.908. The second-order valence-electron chi connectivity index (χ2n) is 3.78. The van der Waals surface area contributed by atoms with Crippen LogP contribution in [0.15, 0.2) is 22.7 Å². The molecular weight excluding hydrogens is 286 g/mol. The molecule has 0 aliphatic rings. The summed E-state index contributed by atoms with van der Waals surface area (Å²) in [6, 6.07) is 5.50. The van der Waals surface area contributed by atoms with E-state index in [-0.39, 0.29) is 18.6 Å². The van der Waals surface area contributed by atoms with Crippen LogP contribution in [0.1, 0.15) is 13.8 Å². The molecule has 1 rings (SSSR count). The second kappa shape index (κ2) is 6.49. The molecule has 1 aromatic rings. The number of nitrogens with one attached hydrogen (secondary N) is 1. The summed E-state index contributed by atoms with van der Waals surface area (Å²) < 4.78 is 11.2. The highest BCUT2D eigenvalue weighted by atomic mass is 79.9. The van der Waals surface area contributed by atoms with Gasteiger partial charge in [0.05, 0.1) is 7.11 Å². The molecule has 0 aliphatic carbocycles. The van der Waals surface area contributed by atoms with Crippen molar-refractivity contribution in [3.05, 3.63) is 22.7 Å². The van der Waals surface area contributed by atoms with E-state index in [0.29, 0.717) is 16.0 Å². The van der Waals surface area contributed by atoms with Gasteiger partial charge in [-0.2, -0.15) is 0 Å². The number of halogens is 1. The van der Waals surface area contributed by atoms with E-state index in [1.165, 1.54) is 0 Å². The van der Waals surface area contributed by atoms with Gasteiger partial charge in [-0.15, -0.1) is 0 Å². The number of rotatable bonds is 5. The summed E-state index contributed by atoms with van der Waals surface area (Å²) >= 11 is 3.36. The molecule has 94 valence electrons. The van der Waals surface area contributed by atoms with Crippen molar-refractivity contribution in [1.29, 1.82) is 0 Å². The zero-order valence-electron chi connectivity index (χ0n) is 10.1. The van der Waals surface area contributed by atoms with Crippen molar-refractivity contribution in [2.24, 2.45) is 0 Å². The molecular formula is C12H16BrNO3. The average molecular weight is 302 g/mol. The first kappa shape index (κ1) is 13.8. The first-order valence-electron chi connectivity index (χ1n) is 5.29. The molecule has 5 heteroatoms. The lowest BCUT2D eigenvalue weighted by molar-refractivity contribution is -0.123. The lowest BCUT2D eigenvalue weighted by Crippen LogP contribution is -2.34. The van der Waals surface area contributed by atoms with E-state index < -0.39 is 0 Å². The van der Waals surface area contributed by atoms with Gasteiger partial charge in [-0.25, -0.2) is 0 Å². The molecule has 0 unspecified atom stereocenters. The highest BCUT2D eigenvalue weighted by Crippen LogP contribution is 2.33. The van der Waals surface area contributed by atoms with E-state index in [9.17, 15) is 4.79 Å². The predicted molar refractivity (Wildman–Crippen MR) is 69.5 cm³/mol. The predicted octanol–water partition coefficient (Wildman–Crippen LogP) is 2.36. The summed E-state index contributed by atoms with van der Waals surface area (Å²) in [4.78, 5) is 11.4. The zero-order valence-corrected chi connectivity index (χ0v) is 11.7. The summed E-state index contributed by atoms with van der Waals surface area (Å²) in [6.45, 7) is 3.79. The van der Waals surface area contributed by atoms with Crippen LogP contribution >= 0.6 is 15.9 Å². The summed E-state index contributed by atoms with van der Waals surface area (Å²) in [6.07, 6.45) is 0. The van der Waals surface area contributed by atoms with Crippen LogP contribution in [0.3, 0.4) is 0 Å². The summed E-state index contributed by atoms with van der Waals surface area (Å²) in [5.41, 5.74) is 0. The van der Waals surface area contributed by atoms with Gasteiger partial charge in [0.25, 0.3) is 5.91 Å². The molecule has 0 saturated heterocycles. The molecule has 0 aliphatic heterocycles. The van der Waals surface area contributed by atoms with E-state index in [1.54, 1.807) is 19.2 Å². The number of benzene rings is 1. The number of amides is 1. The number of methoxy groups -OCH3 is 1. The standard InChI is InChI=1S/C12H16BrNO3/c1-8(2)14-11(15)7-17-10-6-4-5-9(16-3)12(10)13/h4-6,8H,7H2,1-3H3,(H,14,15). The molecule has 17 heavy (non-hydrogen) atoms. The van der Waals surface area contributed by atoms with Crippen molar-refractivity contribution >= 4 is 21.8 Å². The molecule has 0 spiro atoms. The van der Waals surface area contributed by atoms with Crippen molar-refractivity contribution in [2.45, 2.75) is 19.9 Å². The molecule has 0 heterocycles. The van der Waals surface area contributed by atoms with E-state index in [2.05, 4.69) is 21.2 Å². The number of carbonyl (C=O) groups excluding carboxylic acids is 1. The largest absolute Gasteiger partial charge is 0.495 e. The van der Waals surface area contributed by atoms with Crippen molar-refractivity contribution in [2.75, 3.05) is 13.7 Å². The fourth-order valence-electron chi connectivity index (χ4n) is 1.27. The van der Waals surface area contributed by atoms with Gasteiger partial charge in [0.15, 0.2) is 6.61 Å². The minimum Gasteiger partial charge on any atom is -0.495 e. The van der Waals surface area contributed by atoms with Gasteiger partial charge in [-0.3, -0.25) is 4.79 Å². The Morgan fingerprint density at radius 3 is 2.65 bits per heavy atom. The van der Waals surface area contributed by atoms with E-state index >= 15 is 0 Å². The fraction of sp³-hybridized carbons (Fsp3) is 0.417. The number of hydrogen-bond acceptors (Lipinski definition) is 3. The molecule has 1 N–H and O–H groups in total. The van der Waals surface area contributed by atoms with Crippen LogP contribution in [0.5, 0.6) is 11.5 Å². The Balaban J connectivity index is 2.60. The number of hydrogen-bond donors (Lipinski definition) is 1. The maximum Gasteiger partial charge on any atom is 0.258 e. The Labute approximate surface area is 109 Å². The molecule has 0 saturated carbocycles. The van der Waals surface area contributed by atoms with Gasteiger partial charge in [-0.1, -0.05) is 6.07 Å². The van der Waals surface area contributed by atoms with E-state index in [1.807, 2.05) is 19.9 Å². The molecule has 0 radical (unpaired) electrons. The third kappa shape index (κ3) is 4.26. The third-order valence-electron chi connectivity index (χ3n) is 1.96. The van der Waals surface area contributed by atoms with Gasteiger partial charge in [-0.05, 0) is 41.9 Å². The van der Waals surface area contributed by atoms with Crippen LogP contribution in [0.25, 0.3) is 0 Å². The molecule has 4 nitrogen and oxygen atoms in total. The van der Waals surface area contributed by atoms with Gasteiger partial charge in [0.1, 0.15) is 16.0 Å². The number of carbonyl (C=O) groups is 1. The van der Waals surface area contributed by atoms with Crippen molar-refractivity contribution in [3.8, 4) is 11.5 Å². The first-order chi connectivity index (χ1) is 8.04. The Hall–Kier alpha value is -1.23. The highest BCUT2D eigenvalue weighted by Gasteiger charge is 2.09. The maximum absolute atomic E-state index is 11.4. The van der Waals surface area contributed by atoms with Crippen LogP contribution in [0, 0.1) is 0 Å². The second-order valence-corrected chi connectivity index (χ2v) is 4.58.